The molecular formula is C18H18F3NO4S. The summed E-state index contributed by atoms with van der Waals surface area (Å²) < 4.78 is 62.8. The Balaban J connectivity index is 2.00. The number of rotatable bonds is 6. The molecule has 2 aromatic rings. The van der Waals surface area contributed by atoms with Crippen molar-refractivity contribution in [2.24, 2.45) is 0 Å². The molecule has 1 N–H and O–H groups in total. The number of carbonyl (C=O) groups excluding carboxylic acids is 1. The van der Waals surface area contributed by atoms with Gasteiger partial charge in [0.25, 0.3) is 5.91 Å². The smallest absolute Gasteiger partial charge is 0.406 e. The van der Waals surface area contributed by atoms with Crippen molar-refractivity contribution in [3.05, 3.63) is 65.2 Å². The third kappa shape index (κ3) is 6.93. The van der Waals surface area contributed by atoms with Gasteiger partial charge in [-0.3, -0.25) is 4.79 Å². The zero-order valence-electron chi connectivity index (χ0n) is 14.6. The first-order chi connectivity index (χ1) is 12.4. The van der Waals surface area contributed by atoms with Gasteiger partial charge in [-0.25, -0.2) is 8.42 Å². The highest BCUT2D eigenvalue weighted by molar-refractivity contribution is 7.89. The van der Waals surface area contributed by atoms with E-state index >= 15 is 0 Å². The normalized spacial score (nSPS) is 13.1. The van der Waals surface area contributed by atoms with Gasteiger partial charge in [0.1, 0.15) is 5.75 Å². The third-order valence-corrected chi connectivity index (χ3v) is 4.46. The summed E-state index contributed by atoms with van der Waals surface area (Å²) in [6.07, 6.45) is -3.63. The van der Waals surface area contributed by atoms with Crippen molar-refractivity contribution in [1.29, 1.82) is 0 Å². The summed E-state index contributed by atoms with van der Waals surface area (Å²) in [6, 6.07) is 10.9. The Hall–Kier alpha value is -2.55. The van der Waals surface area contributed by atoms with E-state index in [1.54, 1.807) is 19.1 Å². The standard InChI is InChI=1S/C18H18F3NO4S/c1-12(14-7-9-16(10-8-14)26-18(19,20)21)22-17(23)15-5-3-13(4-6-15)11-27(2,24)25/h3-10,12H,11H2,1-2H3,(H,22,23). The van der Waals surface area contributed by atoms with Crippen molar-refractivity contribution in [3.8, 4) is 5.75 Å². The number of hydrogen-bond donors (Lipinski definition) is 1. The number of benzene rings is 2. The van der Waals surface area contributed by atoms with E-state index in [-0.39, 0.29) is 17.4 Å². The molecule has 2 rings (SSSR count). The predicted molar refractivity (Wildman–Crippen MR) is 94.0 cm³/mol. The Morgan fingerprint density at radius 3 is 2.11 bits per heavy atom. The van der Waals surface area contributed by atoms with Crippen LogP contribution in [-0.4, -0.2) is 26.9 Å². The monoisotopic (exact) mass is 401 g/mol. The van der Waals surface area contributed by atoms with Gasteiger partial charge in [0.2, 0.25) is 0 Å². The number of carbonyl (C=O) groups is 1. The van der Waals surface area contributed by atoms with Crippen molar-refractivity contribution < 1.29 is 31.1 Å². The molecule has 9 heteroatoms. The predicted octanol–water partition coefficient (Wildman–Crippen LogP) is 3.62. The van der Waals surface area contributed by atoms with Crippen molar-refractivity contribution >= 4 is 15.7 Å². The van der Waals surface area contributed by atoms with Crippen LogP contribution in [0.2, 0.25) is 0 Å². The maximum absolute atomic E-state index is 12.3. The lowest BCUT2D eigenvalue weighted by Crippen LogP contribution is -2.26. The molecule has 0 aliphatic carbocycles. The molecule has 0 aromatic heterocycles. The minimum atomic E-state index is -4.76. The topological polar surface area (TPSA) is 72.5 Å². The van der Waals surface area contributed by atoms with E-state index in [0.29, 0.717) is 16.7 Å². The van der Waals surface area contributed by atoms with Crippen LogP contribution in [0, 0.1) is 0 Å². The Labute approximate surface area is 155 Å². The molecule has 0 aliphatic heterocycles. The first-order valence-corrected chi connectivity index (χ1v) is 9.92. The fourth-order valence-electron chi connectivity index (χ4n) is 2.38. The summed E-state index contributed by atoms with van der Waals surface area (Å²) in [5.74, 6) is -0.840. The first-order valence-electron chi connectivity index (χ1n) is 7.86. The van der Waals surface area contributed by atoms with E-state index in [9.17, 15) is 26.4 Å². The summed E-state index contributed by atoms with van der Waals surface area (Å²) in [7, 11) is -3.16. The molecule has 1 amide bonds. The number of hydrogen-bond acceptors (Lipinski definition) is 4. The van der Waals surface area contributed by atoms with E-state index in [1.807, 2.05) is 0 Å². The van der Waals surface area contributed by atoms with Crippen LogP contribution in [-0.2, 0) is 15.6 Å². The van der Waals surface area contributed by atoms with Gasteiger partial charge < -0.3 is 10.1 Å². The van der Waals surface area contributed by atoms with Crippen molar-refractivity contribution in [2.45, 2.75) is 25.1 Å². The molecule has 0 bridgehead atoms. The zero-order valence-corrected chi connectivity index (χ0v) is 15.4. The molecule has 1 unspecified atom stereocenters. The molecule has 146 valence electrons. The Kier molecular flexibility index (Phi) is 6.15. The summed E-state index contributed by atoms with van der Waals surface area (Å²) in [5.41, 5.74) is 1.52. The van der Waals surface area contributed by atoms with Crippen LogP contribution >= 0.6 is 0 Å². The molecule has 0 radical (unpaired) electrons. The van der Waals surface area contributed by atoms with Crippen LogP contribution in [0.1, 0.15) is 34.5 Å². The molecule has 5 nitrogen and oxygen atoms in total. The average molecular weight is 401 g/mol. The van der Waals surface area contributed by atoms with Crippen molar-refractivity contribution in [2.75, 3.05) is 6.26 Å². The van der Waals surface area contributed by atoms with Crippen LogP contribution in [0.5, 0.6) is 5.75 Å². The zero-order chi connectivity index (χ0) is 20.2. The molecule has 2 aromatic carbocycles. The van der Waals surface area contributed by atoms with Gasteiger partial charge in [0, 0.05) is 11.8 Å². The maximum atomic E-state index is 12.3. The number of sulfone groups is 1. The van der Waals surface area contributed by atoms with Gasteiger partial charge in [-0.1, -0.05) is 24.3 Å². The molecule has 0 saturated carbocycles. The Morgan fingerprint density at radius 1 is 1.07 bits per heavy atom. The molecule has 0 aliphatic rings. The van der Waals surface area contributed by atoms with Crippen LogP contribution < -0.4 is 10.1 Å². The molecule has 0 fully saturated rings. The second-order valence-corrected chi connectivity index (χ2v) is 8.22. The van der Waals surface area contributed by atoms with Crippen molar-refractivity contribution in [3.63, 3.8) is 0 Å². The quantitative estimate of drug-likeness (QED) is 0.803. The molecule has 0 spiro atoms. The number of alkyl halides is 3. The van der Waals surface area contributed by atoms with Crippen LogP contribution in [0.15, 0.2) is 48.5 Å². The average Bonchev–Trinajstić information content (AvgIpc) is 2.53. The van der Waals surface area contributed by atoms with Gasteiger partial charge in [-0.05, 0) is 42.3 Å². The summed E-state index contributed by atoms with van der Waals surface area (Å²) in [4.78, 5) is 12.3. The van der Waals surface area contributed by atoms with E-state index in [4.69, 9.17) is 0 Å². The summed E-state index contributed by atoms with van der Waals surface area (Å²) in [5, 5.41) is 2.73. The minimum absolute atomic E-state index is 0.113. The second-order valence-electron chi connectivity index (χ2n) is 6.08. The molecule has 0 heterocycles. The lowest BCUT2D eigenvalue weighted by atomic mass is 10.1. The molecule has 27 heavy (non-hydrogen) atoms. The summed E-state index contributed by atoms with van der Waals surface area (Å²) in [6.45, 7) is 1.69. The maximum Gasteiger partial charge on any atom is 0.573 e. The van der Waals surface area contributed by atoms with E-state index in [1.165, 1.54) is 36.4 Å². The van der Waals surface area contributed by atoms with E-state index < -0.39 is 22.2 Å². The number of halogens is 3. The fourth-order valence-corrected chi connectivity index (χ4v) is 3.17. The Bertz CT molecular complexity index is 892. The van der Waals surface area contributed by atoms with Crippen LogP contribution in [0.4, 0.5) is 13.2 Å². The van der Waals surface area contributed by atoms with Crippen LogP contribution in [0.3, 0.4) is 0 Å². The first kappa shape index (κ1) is 20.8. The van der Waals surface area contributed by atoms with Gasteiger partial charge in [0.05, 0.1) is 11.8 Å². The van der Waals surface area contributed by atoms with Gasteiger partial charge in [-0.2, -0.15) is 0 Å². The minimum Gasteiger partial charge on any atom is -0.406 e. The van der Waals surface area contributed by atoms with Gasteiger partial charge >= 0.3 is 6.36 Å². The highest BCUT2D eigenvalue weighted by Gasteiger charge is 2.31. The molecule has 0 saturated heterocycles. The number of ether oxygens (including phenoxy) is 1. The SMILES string of the molecule is CC(NC(=O)c1ccc(CS(C)(=O)=O)cc1)c1ccc(OC(F)(F)F)cc1. The van der Waals surface area contributed by atoms with Crippen LogP contribution in [0.25, 0.3) is 0 Å². The second kappa shape index (κ2) is 7.99. The largest absolute Gasteiger partial charge is 0.573 e. The third-order valence-electron chi connectivity index (χ3n) is 3.61. The number of amides is 1. The van der Waals surface area contributed by atoms with Gasteiger partial charge in [-0.15, -0.1) is 13.2 Å². The van der Waals surface area contributed by atoms with Crippen molar-refractivity contribution in [1.82, 2.24) is 5.32 Å². The van der Waals surface area contributed by atoms with E-state index in [0.717, 1.165) is 6.26 Å². The lowest BCUT2D eigenvalue weighted by Gasteiger charge is -2.15. The van der Waals surface area contributed by atoms with E-state index in [2.05, 4.69) is 10.1 Å². The molecular weight excluding hydrogens is 383 g/mol. The fraction of sp³-hybridized carbons (Fsp3) is 0.278. The highest BCUT2D eigenvalue weighted by Crippen LogP contribution is 2.24. The highest BCUT2D eigenvalue weighted by atomic mass is 32.2. The summed E-state index contributed by atoms with van der Waals surface area (Å²) >= 11 is 0. The van der Waals surface area contributed by atoms with Gasteiger partial charge in [0.15, 0.2) is 9.84 Å². The number of nitrogens with one attached hydrogen (secondary N) is 1. The lowest BCUT2D eigenvalue weighted by molar-refractivity contribution is -0.274. The Morgan fingerprint density at radius 2 is 1.63 bits per heavy atom. The molecule has 1 atom stereocenters.